The Morgan fingerprint density at radius 3 is 1.18 bits per heavy atom. The molecule has 0 aromatic heterocycles. The van der Waals surface area contributed by atoms with Crippen LogP contribution in [0.2, 0.25) is 26.2 Å². The highest BCUT2D eigenvalue weighted by Gasteiger charge is 2.38. The number of fused-ring (bicyclic) bond motifs is 2. The van der Waals surface area contributed by atoms with Gasteiger partial charge >= 0.3 is 0 Å². The molecule has 0 saturated carbocycles. The van der Waals surface area contributed by atoms with E-state index in [0.29, 0.717) is 0 Å². The molecule has 4 rings (SSSR count). The van der Waals surface area contributed by atoms with Crippen molar-refractivity contribution in [3.05, 3.63) is 72.8 Å². The number of rotatable bonds is 6. The molecule has 0 fully saturated rings. The summed E-state index contributed by atoms with van der Waals surface area (Å²) in [6, 6.07) is 26.5. The summed E-state index contributed by atoms with van der Waals surface area (Å²) in [5.74, 6) is 0. The number of hydrogen-bond donors (Lipinski definition) is 0. The highest BCUT2D eigenvalue weighted by atomic mass is 28.4. The molecule has 0 bridgehead atoms. The minimum atomic E-state index is -2.25. The van der Waals surface area contributed by atoms with Crippen LogP contribution in [0.4, 0.5) is 11.4 Å². The Morgan fingerprint density at radius 1 is 0.515 bits per heavy atom. The van der Waals surface area contributed by atoms with Crippen LogP contribution in [-0.2, 0) is 4.12 Å². The van der Waals surface area contributed by atoms with Crippen LogP contribution in [0.15, 0.2) is 72.8 Å². The van der Waals surface area contributed by atoms with Gasteiger partial charge < -0.3 is 13.9 Å². The third kappa shape index (κ3) is 4.33. The molecule has 0 aliphatic rings. The molecule has 0 amide bonds. The Bertz CT molecular complexity index is 1200. The smallest absolute Gasteiger partial charge is 0.206 e. The van der Waals surface area contributed by atoms with Crippen LogP contribution in [0.25, 0.3) is 21.5 Å². The van der Waals surface area contributed by atoms with Gasteiger partial charge in [-0.05, 0) is 59.5 Å². The van der Waals surface area contributed by atoms with E-state index in [2.05, 4.69) is 137 Å². The first-order chi connectivity index (χ1) is 15.5. The van der Waals surface area contributed by atoms with Gasteiger partial charge in [0.15, 0.2) is 0 Å². The lowest BCUT2D eigenvalue weighted by Gasteiger charge is -2.36. The normalized spacial score (nSPS) is 12.4. The first kappa shape index (κ1) is 23.5. The summed E-state index contributed by atoms with van der Waals surface area (Å²) in [5, 5.41) is 7.97. The lowest BCUT2D eigenvalue weighted by atomic mass is 10.1. The van der Waals surface area contributed by atoms with Crippen molar-refractivity contribution in [3.63, 3.8) is 0 Å². The average molecular weight is 473 g/mol. The molecule has 0 saturated heterocycles. The fourth-order valence-corrected chi connectivity index (χ4v) is 13.9. The van der Waals surface area contributed by atoms with E-state index in [4.69, 9.17) is 4.12 Å². The fourth-order valence-electron chi connectivity index (χ4n) is 5.14. The van der Waals surface area contributed by atoms with Crippen molar-refractivity contribution in [1.29, 1.82) is 0 Å². The number of benzene rings is 4. The summed E-state index contributed by atoms with van der Waals surface area (Å²) in [6.07, 6.45) is 0. The van der Waals surface area contributed by atoms with Gasteiger partial charge in [-0.3, -0.25) is 0 Å². The summed E-state index contributed by atoms with van der Waals surface area (Å²) in [7, 11) is 3.99. The number of hydrogen-bond acceptors (Lipinski definition) is 3. The van der Waals surface area contributed by atoms with Crippen molar-refractivity contribution in [2.45, 2.75) is 26.2 Å². The van der Waals surface area contributed by atoms with E-state index in [0.717, 1.165) is 0 Å². The van der Waals surface area contributed by atoms with Crippen LogP contribution < -0.4 is 20.2 Å². The lowest BCUT2D eigenvalue weighted by Crippen LogP contribution is -2.58. The number of anilines is 2. The standard InChI is InChI=1S/C28H36N2OSi2/c1-29(2)23-17-9-13-21-15-11-19-25(27(21)23)32(5,6)31-33(7,8)26-20-12-16-22-14-10-18-24(28(22)26)30(3)4/h9-20H,1-8H3. The van der Waals surface area contributed by atoms with E-state index in [1.807, 2.05) is 0 Å². The molecule has 5 heteroatoms. The Morgan fingerprint density at radius 2 is 0.848 bits per heavy atom. The van der Waals surface area contributed by atoms with Gasteiger partial charge in [-0.15, -0.1) is 0 Å². The van der Waals surface area contributed by atoms with Crippen molar-refractivity contribution in [1.82, 2.24) is 0 Å². The van der Waals surface area contributed by atoms with Crippen molar-refractivity contribution in [2.75, 3.05) is 38.0 Å². The van der Waals surface area contributed by atoms with Gasteiger partial charge in [0.05, 0.1) is 0 Å². The van der Waals surface area contributed by atoms with Crippen LogP contribution in [0.1, 0.15) is 0 Å². The second kappa shape index (κ2) is 8.63. The first-order valence-corrected chi connectivity index (χ1v) is 17.4. The largest absolute Gasteiger partial charge is 0.449 e. The molecule has 0 atom stereocenters. The predicted molar refractivity (Wildman–Crippen MR) is 152 cm³/mol. The molecule has 4 aromatic carbocycles. The van der Waals surface area contributed by atoms with Gasteiger partial charge in [0.2, 0.25) is 16.6 Å². The summed E-state index contributed by atoms with van der Waals surface area (Å²) in [6.45, 7) is 9.45. The highest BCUT2D eigenvalue weighted by molar-refractivity contribution is 6.98. The topological polar surface area (TPSA) is 15.7 Å². The molecule has 0 aliphatic carbocycles. The summed E-state index contributed by atoms with van der Waals surface area (Å²) < 4.78 is 7.32. The summed E-state index contributed by atoms with van der Waals surface area (Å²) >= 11 is 0. The van der Waals surface area contributed by atoms with E-state index < -0.39 is 16.6 Å². The van der Waals surface area contributed by atoms with Crippen molar-refractivity contribution < 1.29 is 4.12 Å². The predicted octanol–water partition coefficient (Wildman–Crippen LogP) is 5.67. The molecule has 172 valence electrons. The van der Waals surface area contributed by atoms with Gasteiger partial charge in [0.25, 0.3) is 0 Å². The molecular formula is C28H36N2OSi2. The average Bonchev–Trinajstić information content (AvgIpc) is 2.76. The van der Waals surface area contributed by atoms with E-state index in [1.54, 1.807) is 0 Å². The highest BCUT2D eigenvalue weighted by Crippen LogP contribution is 2.30. The first-order valence-electron chi connectivity index (χ1n) is 11.6. The SMILES string of the molecule is CN(C)c1cccc2cccc([Si](C)(C)O[Si](C)(C)c3cccc4cccc(N(C)C)c34)c12. The van der Waals surface area contributed by atoms with Crippen molar-refractivity contribution in [2.24, 2.45) is 0 Å². The third-order valence-electron chi connectivity index (χ3n) is 6.54. The molecule has 0 spiro atoms. The Hall–Kier alpha value is -2.61. The van der Waals surface area contributed by atoms with E-state index >= 15 is 0 Å². The molecular weight excluding hydrogens is 436 g/mol. The van der Waals surface area contributed by atoms with Gasteiger partial charge in [0, 0.05) is 50.3 Å². The maximum Gasteiger partial charge on any atom is 0.206 e. The third-order valence-corrected chi connectivity index (χ3v) is 14.0. The fraction of sp³-hybridized carbons (Fsp3) is 0.286. The van der Waals surface area contributed by atoms with E-state index in [-0.39, 0.29) is 0 Å². The van der Waals surface area contributed by atoms with E-state index in [1.165, 1.54) is 43.3 Å². The second-order valence-electron chi connectivity index (χ2n) is 10.3. The minimum Gasteiger partial charge on any atom is -0.449 e. The molecule has 0 heterocycles. The quantitative estimate of drug-likeness (QED) is 0.337. The second-order valence-corrected chi connectivity index (χ2v) is 18.2. The monoisotopic (exact) mass is 472 g/mol. The van der Waals surface area contributed by atoms with Crippen LogP contribution >= 0.6 is 0 Å². The zero-order valence-corrected chi connectivity index (χ0v) is 23.2. The maximum absolute atomic E-state index is 7.32. The Kier molecular flexibility index (Phi) is 6.16. The summed E-state index contributed by atoms with van der Waals surface area (Å²) in [5.41, 5.74) is 2.51. The van der Waals surface area contributed by atoms with Gasteiger partial charge in [-0.2, -0.15) is 0 Å². The molecule has 0 N–H and O–H groups in total. The van der Waals surface area contributed by atoms with Crippen LogP contribution in [0, 0.1) is 0 Å². The van der Waals surface area contributed by atoms with Gasteiger partial charge in [0.1, 0.15) is 0 Å². The molecule has 0 radical (unpaired) electrons. The van der Waals surface area contributed by atoms with E-state index in [9.17, 15) is 0 Å². The van der Waals surface area contributed by atoms with Crippen LogP contribution in [0.5, 0.6) is 0 Å². The Balaban J connectivity index is 1.86. The van der Waals surface area contributed by atoms with Crippen molar-refractivity contribution in [3.8, 4) is 0 Å². The Labute approximate surface area is 200 Å². The van der Waals surface area contributed by atoms with Gasteiger partial charge in [-0.1, -0.05) is 60.7 Å². The molecule has 33 heavy (non-hydrogen) atoms. The molecule has 3 nitrogen and oxygen atoms in total. The lowest BCUT2D eigenvalue weighted by molar-refractivity contribution is 0.574. The van der Waals surface area contributed by atoms with Crippen LogP contribution in [-0.4, -0.2) is 44.8 Å². The van der Waals surface area contributed by atoms with Gasteiger partial charge in [-0.25, -0.2) is 0 Å². The molecule has 4 aromatic rings. The summed E-state index contributed by atoms with van der Waals surface area (Å²) in [4.78, 5) is 4.43. The zero-order chi connectivity index (χ0) is 24.0. The molecule has 0 unspecified atom stereocenters. The van der Waals surface area contributed by atoms with Crippen LogP contribution in [0.3, 0.4) is 0 Å². The molecule has 0 aliphatic heterocycles. The number of nitrogens with zero attached hydrogens (tertiary/aromatic N) is 2. The zero-order valence-electron chi connectivity index (χ0n) is 21.2. The maximum atomic E-state index is 7.32. The van der Waals surface area contributed by atoms with Crippen molar-refractivity contribution >= 4 is 59.9 Å². The minimum absolute atomic E-state index is 1.26.